The average Bonchev–Trinajstić information content (AvgIpc) is 3.31. The maximum Gasteiger partial charge on any atom is 0.274 e. The largest absolute Gasteiger partial charge is 0.460 e. The van der Waals surface area contributed by atoms with Gasteiger partial charge in [-0.25, -0.2) is 13.5 Å². The fourth-order valence-electron chi connectivity index (χ4n) is 2.74. The highest BCUT2D eigenvalue weighted by molar-refractivity contribution is 6.04. The van der Waals surface area contributed by atoms with Crippen LogP contribution in [-0.2, 0) is 0 Å². The predicted octanol–water partition coefficient (Wildman–Crippen LogP) is 4.97. The number of furan rings is 1. The van der Waals surface area contributed by atoms with E-state index in [4.69, 9.17) is 4.42 Å². The highest BCUT2D eigenvalue weighted by Crippen LogP contribution is 2.24. The van der Waals surface area contributed by atoms with E-state index in [1.165, 1.54) is 53.2 Å². The van der Waals surface area contributed by atoms with Gasteiger partial charge in [-0.1, -0.05) is 0 Å². The average molecular weight is 379 g/mol. The summed E-state index contributed by atoms with van der Waals surface area (Å²) < 4.78 is 33.4. The smallest absolute Gasteiger partial charge is 0.274 e. The first-order valence-corrected chi connectivity index (χ1v) is 8.49. The Morgan fingerprint density at radius 2 is 1.61 bits per heavy atom. The van der Waals surface area contributed by atoms with Gasteiger partial charge < -0.3 is 9.73 Å². The second-order valence-electron chi connectivity index (χ2n) is 6.17. The maximum atomic E-state index is 13.3. The van der Waals surface area contributed by atoms with Crippen molar-refractivity contribution >= 4 is 11.6 Å². The first-order valence-electron chi connectivity index (χ1n) is 8.49. The highest BCUT2D eigenvalue weighted by Gasteiger charge is 2.19. The summed E-state index contributed by atoms with van der Waals surface area (Å²) in [4.78, 5) is 12.8. The lowest BCUT2D eigenvalue weighted by atomic mass is 10.2. The van der Waals surface area contributed by atoms with Crippen LogP contribution >= 0.6 is 0 Å². The van der Waals surface area contributed by atoms with Crippen molar-refractivity contribution in [3.05, 3.63) is 89.8 Å². The van der Waals surface area contributed by atoms with Crippen molar-refractivity contribution in [2.75, 3.05) is 5.32 Å². The summed E-state index contributed by atoms with van der Waals surface area (Å²) >= 11 is 0. The summed E-state index contributed by atoms with van der Waals surface area (Å²) in [5.41, 5.74) is 1.63. The minimum atomic E-state index is -0.446. The standard InChI is InChI=1S/C21H15F2N3O2/c1-13-2-11-20(28-13)18-12-19(21(27)24-16-7-3-14(22)4-8-16)26(25-18)17-9-5-15(23)6-10-17/h2-12H,1H3,(H,24,27). The van der Waals surface area contributed by atoms with Gasteiger partial charge in [-0.05, 0) is 67.6 Å². The third kappa shape index (κ3) is 3.55. The molecule has 0 unspecified atom stereocenters. The number of nitrogens with one attached hydrogen (secondary N) is 1. The number of rotatable bonds is 4. The van der Waals surface area contributed by atoms with Gasteiger partial charge >= 0.3 is 0 Å². The van der Waals surface area contributed by atoms with Crippen molar-refractivity contribution in [2.45, 2.75) is 6.92 Å². The van der Waals surface area contributed by atoms with Crippen LogP contribution in [0.3, 0.4) is 0 Å². The topological polar surface area (TPSA) is 60.1 Å². The lowest BCUT2D eigenvalue weighted by Crippen LogP contribution is -2.17. The number of hydrogen-bond donors (Lipinski definition) is 1. The normalized spacial score (nSPS) is 10.8. The number of nitrogens with zero attached hydrogens (tertiary/aromatic N) is 2. The molecule has 0 atom stereocenters. The van der Waals surface area contributed by atoms with Crippen LogP contribution in [0, 0.1) is 18.6 Å². The van der Waals surface area contributed by atoms with E-state index in [9.17, 15) is 13.6 Å². The molecule has 0 saturated carbocycles. The zero-order valence-electron chi connectivity index (χ0n) is 14.8. The SMILES string of the molecule is Cc1ccc(-c2cc(C(=O)Nc3ccc(F)cc3)n(-c3ccc(F)cc3)n2)o1. The number of amides is 1. The van der Waals surface area contributed by atoms with Crippen LogP contribution in [0.5, 0.6) is 0 Å². The molecular weight excluding hydrogens is 364 g/mol. The molecule has 0 aliphatic heterocycles. The van der Waals surface area contributed by atoms with Crippen LogP contribution in [-0.4, -0.2) is 15.7 Å². The lowest BCUT2D eigenvalue weighted by molar-refractivity contribution is 0.101. The fourth-order valence-corrected chi connectivity index (χ4v) is 2.74. The minimum absolute atomic E-state index is 0.222. The summed E-state index contributed by atoms with van der Waals surface area (Å²) in [6.45, 7) is 1.81. The number of anilines is 1. The Hall–Kier alpha value is -3.74. The molecule has 0 bridgehead atoms. The van der Waals surface area contributed by atoms with Gasteiger partial charge in [0.15, 0.2) is 5.76 Å². The van der Waals surface area contributed by atoms with Crippen molar-refractivity contribution in [1.29, 1.82) is 0 Å². The molecule has 2 aromatic heterocycles. The molecule has 0 aliphatic rings. The Morgan fingerprint density at radius 3 is 2.21 bits per heavy atom. The van der Waals surface area contributed by atoms with E-state index in [2.05, 4.69) is 10.4 Å². The number of aromatic nitrogens is 2. The summed E-state index contributed by atoms with van der Waals surface area (Å²) in [5, 5.41) is 7.16. The number of carbonyl (C=O) groups excluding carboxylic acids is 1. The Balaban J connectivity index is 1.75. The second kappa shape index (κ2) is 7.11. The van der Waals surface area contributed by atoms with Crippen LogP contribution in [0.2, 0.25) is 0 Å². The molecule has 4 aromatic rings. The lowest BCUT2D eigenvalue weighted by Gasteiger charge is -2.08. The monoisotopic (exact) mass is 379 g/mol. The molecule has 4 rings (SSSR count). The second-order valence-corrected chi connectivity index (χ2v) is 6.17. The van der Waals surface area contributed by atoms with Gasteiger partial charge in [0.2, 0.25) is 0 Å². The van der Waals surface area contributed by atoms with E-state index >= 15 is 0 Å². The van der Waals surface area contributed by atoms with E-state index in [0.717, 1.165) is 0 Å². The summed E-state index contributed by atoms with van der Waals surface area (Å²) in [5.74, 6) is -0.0178. The molecule has 2 heterocycles. The Morgan fingerprint density at radius 1 is 0.964 bits per heavy atom. The molecule has 0 fully saturated rings. The van der Waals surface area contributed by atoms with Crippen molar-refractivity contribution < 1.29 is 18.0 Å². The van der Waals surface area contributed by atoms with Crippen LogP contribution in [0.15, 0.2) is 71.1 Å². The van der Waals surface area contributed by atoms with Crippen molar-refractivity contribution in [2.24, 2.45) is 0 Å². The Kier molecular flexibility index (Phi) is 4.49. The molecule has 2 aromatic carbocycles. The maximum absolute atomic E-state index is 13.3. The summed E-state index contributed by atoms with van der Waals surface area (Å²) in [6, 6.07) is 16.2. The zero-order valence-corrected chi connectivity index (χ0v) is 14.8. The van der Waals surface area contributed by atoms with E-state index in [1.54, 1.807) is 18.2 Å². The van der Waals surface area contributed by atoms with E-state index < -0.39 is 17.5 Å². The van der Waals surface area contributed by atoms with Crippen LogP contribution in [0.4, 0.5) is 14.5 Å². The molecular formula is C21H15F2N3O2. The number of benzene rings is 2. The van der Waals surface area contributed by atoms with E-state index in [0.29, 0.717) is 28.6 Å². The van der Waals surface area contributed by atoms with E-state index in [1.807, 2.05) is 6.92 Å². The minimum Gasteiger partial charge on any atom is -0.460 e. The first-order chi connectivity index (χ1) is 13.5. The molecule has 0 saturated heterocycles. The quantitative estimate of drug-likeness (QED) is 0.545. The molecule has 5 nitrogen and oxygen atoms in total. The number of hydrogen-bond acceptors (Lipinski definition) is 3. The third-order valence-electron chi connectivity index (χ3n) is 4.11. The molecule has 140 valence electrons. The van der Waals surface area contributed by atoms with Gasteiger partial charge in [0.05, 0.1) is 5.69 Å². The van der Waals surface area contributed by atoms with Gasteiger partial charge in [-0.3, -0.25) is 4.79 Å². The van der Waals surface area contributed by atoms with Gasteiger partial charge in [0.1, 0.15) is 28.8 Å². The first kappa shape index (κ1) is 17.7. The molecule has 0 radical (unpaired) electrons. The number of carbonyl (C=O) groups is 1. The predicted molar refractivity (Wildman–Crippen MR) is 100 cm³/mol. The molecule has 28 heavy (non-hydrogen) atoms. The zero-order chi connectivity index (χ0) is 19.7. The Bertz CT molecular complexity index is 1130. The number of aryl methyl sites for hydroxylation is 1. The summed E-state index contributed by atoms with van der Waals surface area (Å²) in [6.07, 6.45) is 0. The van der Waals surface area contributed by atoms with Crippen molar-refractivity contribution in [3.63, 3.8) is 0 Å². The highest BCUT2D eigenvalue weighted by atomic mass is 19.1. The van der Waals surface area contributed by atoms with Crippen LogP contribution in [0.1, 0.15) is 16.2 Å². The Labute approximate surface area is 159 Å². The molecule has 0 spiro atoms. The van der Waals surface area contributed by atoms with E-state index in [-0.39, 0.29) is 5.69 Å². The van der Waals surface area contributed by atoms with Gasteiger partial charge in [0.25, 0.3) is 5.91 Å². The molecule has 0 aliphatic carbocycles. The van der Waals surface area contributed by atoms with Crippen molar-refractivity contribution in [1.82, 2.24) is 9.78 Å². The summed E-state index contributed by atoms with van der Waals surface area (Å²) in [7, 11) is 0. The number of halogens is 2. The van der Waals surface area contributed by atoms with Gasteiger partial charge in [-0.2, -0.15) is 5.10 Å². The molecule has 1 amide bonds. The molecule has 7 heteroatoms. The fraction of sp³-hybridized carbons (Fsp3) is 0.0476. The third-order valence-corrected chi connectivity index (χ3v) is 4.11. The van der Waals surface area contributed by atoms with Crippen LogP contribution in [0.25, 0.3) is 17.1 Å². The van der Waals surface area contributed by atoms with Gasteiger partial charge in [0, 0.05) is 11.8 Å². The molecule has 1 N–H and O–H groups in total. The van der Waals surface area contributed by atoms with Crippen molar-refractivity contribution in [3.8, 4) is 17.1 Å². The van der Waals surface area contributed by atoms with Gasteiger partial charge in [-0.15, -0.1) is 0 Å². The van der Waals surface area contributed by atoms with Crippen LogP contribution < -0.4 is 5.32 Å².